The second-order valence-electron chi connectivity index (χ2n) is 7.81. The van der Waals surface area contributed by atoms with Gasteiger partial charge in [0, 0.05) is 24.2 Å². The maximum Gasteiger partial charge on any atom is 0.257 e. The first-order valence-corrected chi connectivity index (χ1v) is 10.6. The molecule has 2 N–H and O–H groups in total. The van der Waals surface area contributed by atoms with E-state index in [2.05, 4.69) is 20.7 Å². The van der Waals surface area contributed by atoms with Gasteiger partial charge in [0.2, 0.25) is 0 Å². The molecule has 2 amide bonds. The first-order chi connectivity index (χ1) is 15.5. The summed E-state index contributed by atoms with van der Waals surface area (Å²) in [5.41, 5.74) is 3.15. The molecule has 0 bridgehead atoms. The molecule has 162 valence electrons. The van der Waals surface area contributed by atoms with Crippen LogP contribution in [0.5, 0.6) is 0 Å². The van der Waals surface area contributed by atoms with Gasteiger partial charge in [0.15, 0.2) is 5.65 Å². The molecule has 0 aliphatic heterocycles. The van der Waals surface area contributed by atoms with Crippen molar-refractivity contribution in [2.24, 2.45) is 0 Å². The third-order valence-corrected chi connectivity index (χ3v) is 5.15. The molecule has 0 saturated heterocycles. The summed E-state index contributed by atoms with van der Waals surface area (Å²) >= 11 is 0. The fourth-order valence-corrected chi connectivity index (χ4v) is 3.49. The third-order valence-electron chi connectivity index (χ3n) is 5.15. The van der Waals surface area contributed by atoms with Crippen molar-refractivity contribution in [3.05, 3.63) is 89.7 Å². The van der Waals surface area contributed by atoms with Gasteiger partial charge in [-0.25, -0.2) is 9.67 Å². The zero-order valence-electron chi connectivity index (χ0n) is 18.1. The number of amides is 2. The first-order valence-electron chi connectivity index (χ1n) is 10.6. The van der Waals surface area contributed by atoms with Gasteiger partial charge in [-0.1, -0.05) is 42.5 Å². The molecule has 4 rings (SSSR count). The number of carbonyl (C=O) groups excluding carboxylic acids is 2. The van der Waals surface area contributed by atoms with Crippen LogP contribution < -0.4 is 10.6 Å². The molecule has 0 fully saturated rings. The number of hydrogen-bond donors (Lipinski definition) is 2. The predicted molar refractivity (Wildman–Crippen MR) is 125 cm³/mol. The van der Waals surface area contributed by atoms with Gasteiger partial charge in [-0.05, 0) is 44.0 Å². The van der Waals surface area contributed by atoms with Crippen LogP contribution in [0.1, 0.15) is 46.2 Å². The number of aromatic nitrogens is 3. The van der Waals surface area contributed by atoms with Crippen LogP contribution in [-0.4, -0.2) is 33.1 Å². The highest BCUT2D eigenvalue weighted by atomic mass is 16.2. The van der Waals surface area contributed by atoms with E-state index in [4.69, 9.17) is 0 Å². The molecular weight excluding hydrogens is 402 g/mol. The van der Waals surface area contributed by atoms with E-state index in [1.54, 1.807) is 36.5 Å². The zero-order valence-corrected chi connectivity index (χ0v) is 18.1. The van der Waals surface area contributed by atoms with Crippen molar-refractivity contribution >= 4 is 28.5 Å². The maximum absolute atomic E-state index is 12.9. The van der Waals surface area contributed by atoms with Crippen LogP contribution in [0.25, 0.3) is 11.0 Å². The highest BCUT2D eigenvalue weighted by Gasteiger charge is 2.16. The summed E-state index contributed by atoms with van der Waals surface area (Å²) in [6, 6.07) is 18.9. The molecule has 4 aromatic rings. The summed E-state index contributed by atoms with van der Waals surface area (Å²) in [5.74, 6) is -0.565. The normalized spacial score (nSPS) is 11.0. The average Bonchev–Trinajstić information content (AvgIpc) is 3.24. The Morgan fingerprint density at radius 1 is 0.969 bits per heavy atom. The average molecular weight is 428 g/mol. The number of nitrogens with zero attached hydrogens (tertiary/aromatic N) is 3. The van der Waals surface area contributed by atoms with Crippen LogP contribution in [-0.2, 0) is 6.42 Å². The van der Waals surface area contributed by atoms with Gasteiger partial charge in [0.05, 0.1) is 23.0 Å². The monoisotopic (exact) mass is 427 g/mol. The van der Waals surface area contributed by atoms with Crippen LogP contribution >= 0.6 is 0 Å². The molecule has 0 aliphatic carbocycles. The SMILES string of the molecule is CC(C)n1ncc2cc(C(=O)Nc3ccccc3C(=O)NCCc3ccccc3)cnc21. The Bertz CT molecular complexity index is 1250. The van der Waals surface area contributed by atoms with Crippen molar-refractivity contribution in [3.63, 3.8) is 0 Å². The number of carbonyl (C=O) groups is 2. The van der Waals surface area contributed by atoms with Crippen molar-refractivity contribution in [3.8, 4) is 0 Å². The molecule has 0 aliphatic rings. The summed E-state index contributed by atoms with van der Waals surface area (Å²) in [4.78, 5) is 30.0. The molecule has 0 spiro atoms. The predicted octanol–water partition coefficient (Wildman–Crippen LogP) is 4.24. The van der Waals surface area contributed by atoms with Gasteiger partial charge < -0.3 is 10.6 Å². The van der Waals surface area contributed by atoms with Crippen LogP contribution in [0.3, 0.4) is 0 Å². The molecular formula is C25H25N5O2. The highest BCUT2D eigenvalue weighted by Crippen LogP contribution is 2.19. The highest BCUT2D eigenvalue weighted by molar-refractivity contribution is 6.09. The number of benzene rings is 2. The van der Waals surface area contributed by atoms with Gasteiger partial charge >= 0.3 is 0 Å². The van der Waals surface area contributed by atoms with Crippen LogP contribution in [0.2, 0.25) is 0 Å². The first kappa shape index (κ1) is 21.2. The molecule has 0 radical (unpaired) electrons. The lowest BCUT2D eigenvalue weighted by molar-refractivity contribution is 0.0955. The molecule has 2 aromatic carbocycles. The van der Waals surface area contributed by atoms with Crippen molar-refractivity contribution in [2.75, 3.05) is 11.9 Å². The van der Waals surface area contributed by atoms with Crippen molar-refractivity contribution in [2.45, 2.75) is 26.3 Å². The summed E-state index contributed by atoms with van der Waals surface area (Å²) in [5, 5.41) is 10.9. The number of para-hydroxylation sites is 1. The number of fused-ring (bicyclic) bond motifs is 1. The molecule has 0 unspecified atom stereocenters. The van der Waals surface area contributed by atoms with E-state index in [9.17, 15) is 9.59 Å². The van der Waals surface area contributed by atoms with E-state index < -0.39 is 0 Å². The molecule has 7 nitrogen and oxygen atoms in total. The lowest BCUT2D eigenvalue weighted by Crippen LogP contribution is -2.27. The minimum atomic E-state index is -0.332. The second kappa shape index (κ2) is 9.43. The molecule has 0 atom stereocenters. The van der Waals surface area contributed by atoms with E-state index in [1.807, 2.05) is 48.9 Å². The Hall–Kier alpha value is -4.00. The lowest BCUT2D eigenvalue weighted by Gasteiger charge is -2.12. The standard InChI is InChI=1S/C25H25N5O2/c1-17(2)30-23-19(16-28-30)14-20(15-27-23)24(31)29-22-11-7-6-10-21(22)25(32)26-13-12-18-8-4-3-5-9-18/h3-11,14-17H,12-13H2,1-2H3,(H,26,32)(H,29,31). The van der Waals surface area contributed by atoms with Crippen molar-refractivity contribution in [1.82, 2.24) is 20.1 Å². The fraction of sp³-hybridized carbons (Fsp3) is 0.200. The minimum Gasteiger partial charge on any atom is -0.352 e. The fourth-order valence-electron chi connectivity index (χ4n) is 3.49. The lowest BCUT2D eigenvalue weighted by atomic mass is 10.1. The topological polar surface area (TPSA) is 88.9 Å². The summed E-state index contributed by atoms with van der Waals surface area (Å²) in [6.45, 7) is 4.55. The quantitative estimate of drug-likeness (QED) is 0.462. The van der Waals surface area contributed by atoms with Crippen molar-refractivity contribution < 1.29 is 9.59 Å². The molecule has 7 heteroatoms. The molecule has 2 aromatic heterocycles. The van der Waals surface area contributed by atoms with E-state index in [0.29, 0.717) is 23.4 Å². The number of hydrogen-bond acceptors (Lipinski definition) is 4. The summed E-state index contributed by atoms with van der Waals surface area (Å²) in [7, 11) is 0. The van der Waals surface area contributed by atoms with Crippen LogP contribution in [0, 0.1) is 0 Å². The smallest absolute Gasteiger partial charge is 0.257 e. The maximum atomic E-state index is 12.9. The van der Waals surface area contributed by atoms with Crippen molar-refractivity contribution in [1.29, 1.82) is 0 Å². The Morgan fingerprint density at radius 2 is 1.72 bits per heavy atom. The Kier molecular flexibility index (Phi) is 6.26. The number of nitrogens with one attached hydrogen (secondary N) is 2. The van der Waals surface area contributed by atoms with E-state index in [-0.39, 0.29) is 17.9 Å². The van der Waals surface area contributed by atoms with Crippen LogP contribution in [0.4, 0.5) is 5.69 Å². The minimum absolute atomic E-state index is 0.173. The number of anilines is 1. The molecule has 2 heterocycles. The summed E-state index contributed by atoms with van der Waals surface area (Å²) in [6.07, 6.45) is 3.96. The molecule has 32 heavy (non-hydrogen) atoms. The van der Waals surface area contributed by atoms with Crippen LogP contribution in [0.15, 0.2) is 73.1 Å². The number of rotatable bonds is 7. The largest absolute Gasteiger partial charge is 0.352 e. The van der Waals surface area contributed by atoms with Gasteiger partial charge in [-0.3, -0.25) is 9.59 Å². The molecule has 0 saturated carbocycles. The van der Waals surface area contributed by atoms with E-state index >= 15 is 0 Å². The Balaban J connectivity index is 1.46. The number of pyridine rings is 1. The van der Waals surface area contributed by atoms with Gasteiger partial charge in [0.1, 0.15) is 0 Å². The van der Waals surface area contributed by atoms with E-state index in [0.717, 1.165) is 23.0 Å². The van der Waals surface area contributed by atoms with Gasteiger partial charge in [-0.15, -0.1) is 0 Å². The van der Waals surface area contributed by atoms with E-state index in [1.165, 1.54) is 6.20 Å². The third kappa shape index (κ3) is 4.67. The van der Waals surface area contributed by atoms with Gasteiger partial charge in [0.25, 0.3) is 11.8 Å². The van der Waals surface area contributed by atoms with Gasteiger partial charge in [-0.2, -0.15) is 5.10 Å². The Labute approximate surface area is 186 Å². The summed E-state index contributed by atoms with van der Waals surface area (Å²) < 4.78 is 1.81. The second-order valence-corrected chi connectivity index (χ2v) is 7.81. The zero-order chi connectivity index (χ0) is 22.5. The Morgan fingerprint density at radius 3 is 2.50 bits per heavy atom.